The second-order valence-electron chi connectivity index (χ2n) is 4.20. The maximum absolute atomic E-state index is 5.13. The number of ether oxygens (including phenoxy) is 1. The smallest absolute Gasteiger partial charge is 0.0468 e. The molecule has 0 aromatic heterocycles. The van der Waals surface area contributed by atoms with E-state index in [1.165, 1.54) is 19.3 Å². The molecule has 0 amide bonds. The van der Waals surface area contributed by atoms with Gasteiger partial charge in [0, 0.05) is 20.3 Å². The van der Waals surface area contributed by atoms with Crippen molar-refractivity contribution in [3.63, 3.8) is 0 Å². The van der Waals surface area contributed by atoms with Crippen molar-refractivity contribution in [2.24, 2.45) is 11.3 Å². The molecule has 0 saturated heterocycles. The summed E-state index contributed by atoms with van der Waals surface area (Å²) in [5.41, 5.74) is 0.477. The van der Waals surface area contributed by atoms with E-state index in [1.54, 1.807) is 7.11 Å². The predicted octanol–water partition coefficient (Wildman–Crippen LogP) is 1.66. The zero-order chi connectivity index (χ0) is 9.03. The Morgan fingerprint density at radius 3 is 2.58 bits per heavy atom. The normalized spacial score (nSPS) is 22.2. The molecule has 2 heteroatoms. The average molecular weight is 171 g/mol. The van der Waals surface area contributed by atoms with Gasteiger partial charge in [0.1, 0.15) is 0 Å². The first-order valence-corrected chi connectivity index (χ1v) is 4.86. The fourth-order valence-electron chi connectivity index (χ4n) is 1.96. The first-order chi connectivity index (χ1) is 5.73. The molecular formula is C10H21NO. The lowest BCUT2D eigenvalue weighted by Gasteiger charge is -2.29. The Hall–Kier alpha value is -0.0800. The van der Waals surface area contributed by atoms with Crippen LogP contribution in [0.2, 0.25) is 0 Å². The van der Waals surface area contributed by atoms with Crippen LogP contribution in [-0.4, -0.2) is 27.3 Å². The molecule has 1 rings (SSSR count). The molecule has 1 fully saturated rings. The molecule has 0 aromatic rings. The van der Waals surface area contributed by atoms with Gasteiger partial charge >= 0.3 is 0 Å². The largest absolute Gasteiger partial charge is 0.385 e. The highest BCUT2D eigenvalue weighted by Crippen LogP contribution is 2.47. The van der Waals surface area contributed by atoms with Crippen LogP contribution in [-0.2, 0) is 4.74 Å². The number of hydrogen-bond acceptors (Lipinski definition) is 2. The highest BCUT2D eigenvalue weighted by Gasteiger charge is 2.40. The third-order valence-electron chi connectivity index (χ3n) is 3.02. The van der Waals surface area contributed by atoms with E-state index in [0.29, 0.717) is 5.41 Å². The maximum Gasteiger partial charge on any atom is 0.0468 e. The Bertz CT molecular complexity index is 134. The van der Waals surface area contributed by atoms with Crippen molar-refractivity contribution in [3.8, 4) is 0 Å². The molecule has 0 aromatic carbocycles. The van der Waals surface area contributed by atoms with Crippen LogP contribution in [0.5, 0.6) is 0 Å². The van der Waals surface area contributed by atoms with Crippen LogP contribution in [0.3, 0.4) is 0 Å². The molecule has 1 saturated carbocycles. The summed E-state index contributed by atoms with van der Waals surface area (Å²) in [6.07, 6.45) is 4.03. The van der Waals surface area contributed by atoms with E-state index in [4.69, 9.17) is 4.74 Å². The second-order valence-corrected chi connectivity index (χ2v) is 4.20. The maximum atomic E-state index is 5.13. The van der Waals surface area contributed by atoms with Crippen molar-refractivity contribution in [1.29, 1.82) is 0 Å². The van der Waals surface area contributed by atoms with Crippen molar-refractivity contribution < 1.29 is 4.74 Å². The van der Waals surface area contributed by atoms with Crippen molar-refractivity contribution in [3.05, 3.63) is 0 Å². The summed E-state index contributed by atoms with van der Waals surface area (Å²) >= 11 is 0. The van der Waals surface area contributed by atoms with E-state index in [1.807, 2.05) is 7.05 Å². The number of hydrogen-bond donors (Lipinski definition) is 1. The van der Waals surface area contributed by atoms with E-state index < -0.39 is 0 Å². The molecule has 1 aliphatic carbocycles. The van der Waals surface area contributed by atoms with Crippen molar-refractivity contribution in [1.82, 2.24) is 5.32 Å². The fourth-order valence-corrected chi connectivity index (χ4v) is 1.96. The zero-order valence-electron chi connectivity index (χ0n) is 8.52. The Morgan fingerprint density at radius 2 is 2.17 bits per heavy atom. The van der Waals surface area contributed by atoms with Crippen LogP contribution < -0.4 is 5.32 Å². The van der Waals surface area contributed by atoms with Gasteiger partial charge in [0.2, 0.25) is 0 Å². The molecule has 0 bridgehead atoms. The molecular weight excluding hydrogens is 150 g/mol. The molecule has 72 valence electrons. The lowest BCUT2D eigenvalue weighted by Crippen LogP contribution is -2.32. The topological polar surface area (TPSA) is 21.3 Å². The van der Waals surface area contributed by atoms with Gasteiger partial charge in [-0.05, 0) is 37.6 Å². The van der Waals surface area contributed by atoms with Gasteiger partial charge in [0.15, 0.2) is 0 Å². The first-order valence-electron chi connectivity index (χ1n) is 4.86. The van der Waals surface area contributed by atoms with E-state index in [0.717, 1.165) is 19.1 Å². The number of rotatable bonds is 6. The molecule has 0 spiro atoms. The van der Waals surface area contributed by atoms with Crippen LogP contribution in [0.1, 0.15) is 26.2 Å². The monoisotopic (exact) mass is 171 g/mol. The van der Waals surface area contributed by atoms with E-state index >= 15 is 0 Å². The lowest BCUT2D eigenvalue weighted by molar-refractivity contribution is 0.130. The van der Waals surface area contributed by atoms with E-state index in [9.17, 15) is 0 Å². The summed E-state index contributed by atoms with van der Waals surface area (Å²) in [7, 11) is 3.82. The molecule has 1 aliphatic rings. The van der Waals surface area contributed by atoms with Gasteiger partial charge in [0.25, 0.3) is 0 Å². The molecule has 1 N–H and O–H groups in total. The van der Waals surface area contributed by atoms with Crippen LogP contribution in [0.25, 0.3) is 0 Å². The third-order valence-corrected chi connectivity index (χ3v) is 3.02. The van der Waals surface area contributed by atoms with E-state index in [2.05, 4.69) is 12.2 Å². The molecule has 1 unspecified atom stereocenters. The van der Waals surface area contributed by atoms with Crippen LogP contribution in [0.15, 0.2) is 0 Å². The Morgan fingerprint density at radius 1 is 1.50 bits per heavy atom. The third kappa shape index (κ3) is 2.46. The number of nitrogens with one attached hydrogen (secondary N) is 1. The van der Waals surface area contributed by atoms with Gasteiger partial charge in [0.05, 0.1) is 0 Å². The van der Waals surface area contributed by atoms with Crippen LogP contribution >= 0.6 is 0 Å². The minimum atomic E-state index is 0.477. The summed E-state index contributed by atoms with van der Waals surface area (Å²) < 4.78 is 5.13. The van der Waals surface area contributed by atoms with Gasteiger partial charge in [-0.1, -0.05) is 6.92 Å². The van der Waals surface area contributed by atoms with Crippen molar-refractivity contribution in [2.75, 3.05) is 27.3 Å². The summed E-state index contributed by atoms with van der Waals surface area (Å²) in [6, 6.07) is 0. The van der Waals surface area contributed by atoms with Gasteiger partial charge < -0.3 is 10.1 Å². The molecule has 0 heterocycles. The zero-order valence-corrected chi connectivity index (χ0v) is 8.52. The summed E-state index contributed by atoms with van der Waals surface area (Å²) in [4.78, 5) is 0. The minimum absolute atomic E-state index is 0.477. The van der Waals surface area contributed by atoms with E-state index in [-0.39, 0.29) is 0 Å². The SMILES string of the molecule is CNCC(C)(CCOC)C1CC1. The standard InChI is InChI=1S/C10H21NO/c1-10(8-11-2,6-7-12-3)9-4-5-9/h9,11H,4-8H2,1-3H3. The lowest BCUT2D eigenvalue weighted by atomic mass is 9.82. The van der Waals surface area contributed by atoms with Crippen LogP contribution in [0, 0.1) is 11.3 Å². The highest BCUT2D eigenvalue weighted by molar-refractivity contribution is 4.92. The van der Waals surface area contributed by atoms with Gasteiger partial charge in [-0.25, -0.2) is 0 Å². The molecule has 0 aliphatic heterocycles. The first kappa shape index (κ1) is 10.0. The Kier molecular flexibility index (Phi) is 3.53. The van der Waals surface area contributed by atoms with Crippen molar-refractivity contribution >= 4 is 0 Å². The number of methoxy groups -OCH3 is 1. The van der Waals surface area contributed by atoms with Crippen LogP contribution in [0.4, 0.5) is 0 Å². The van der Waals surface area contributed by atoms with Crippen molar-refractivity contribution in [2.45, 2.75) is 26.2 Å². The Labute approximate surface area is 75.7 Å². The second kappa shape index (κ2) is 4.24. The predicted molar refractivity (Wildman–Crippen MR) is 51.3 cm³/mol. The van der Waals surface area contributed by atoms with Gasteiger partial charge in [-0.2, -0.15) is 0 Å². The highest BCUT2D eigenvalue weighted by atomic mass is 16.5. The summed E-state index contributed by atoms with van der Waals surface area (Å²) in [5.74, 6) is 0.945. The summed E-state index contributed by atoms with van der Waals surface area (Å²) in [6.45, 7) is 4.40. The molecule has 1 atom stereocenters. The van der Waals surface area contributed by atoms with Gasteiger partial charge in [-0.15, -0.1) is 0 Å². The fraction of sp³-hybridized carbons (Fsp3) is 1.00. The van der Waals surface area contributed by atoms with Gasteiger partial charge in [-0.3, -0.25) is 0 Å². The molecule has 12 heavy (non-hydrogen) atoms. The summed E-state index contributed by atoms with van der Waals surface area (Å²) in [5, 5.41) is 3.28. The quantitative estimate of drug-likeness (QED) is 0.656. The molecule has 0 radical (unpaired) electrons. The average Bonchev–Trinajstić information content (AvgIpc) is 2.84. The minimum Gasteiger partial charge on any atom is -0.385 e. The molecule has 2 nitrogen and oxygen atoms in total. The Balaban J connectivity index is 2.34.